The van der Waals surface area contributed by atoms with Crippen LogP contribution in [0.3, 0.4) is 0 Å². The molecule has 0 bridgehead atoms. The van der Waals surface area contributed by atoms with Gasteiger partial charge >= 0.3 is 0 Å². The molecule has 0 fully saturated rings. The van der Waals surface area contributed by atoms with Crippen molar-refractivity contribution in [2.75, 3.05) is 18.6 Å². The fourth-order valence-electron chi connectivity index (χ4n) is 1.09. The van der Waals surface area contributed by atoms with Gasteiger partial charge in [-0.15, -0.1) is 0 Å². The molecule has 0 unspecified atom stereocenters. The maximum Gasteiger partial charge on any atom is 0.271 e. The average molecular weight is 260 g/mol. The van der Waals surface area contributed by atoms with E-state index in [-0.39, 0.29) is 11.1 Å². The summed E-state index contributed by atoms with van der Waals surface area (Å²) >= 11 is 7.38. The molecule has 0 aliphatic rings. The number of rotatable bonds is 6. The molecule has 0 radical (unpaired) electrons. The molecule has 1 amide bonds. The SMILES string of the molecule is CSCCCCNC(=O)c1cnc(Cl)cn1. The molecule has 0 spiro atoms. The normalized spacial score (nSPS) is 10.1. The van der Waals surface area contributed by atoms with E-state index in [1.54, 1.807) is 0 Å². The van der Waals surface area contributed by atoms with Gasteiger partial charge in [0.05, 0.1) is 12.4 Å². The molecule has 16 heavy (non-hydrogen) atoms. The standard InChI is InChI=1S/C10H14ClN3OS/c1-16-5-3-2-4-12-10(15)8-6-14-9(11)7-13-8/h6-7H,2-5H2,1H3,(H,12,15). The lowest BCUT2D eigenvalue weighted by Crippen LogP contribution is -2.25. The van der Waals surface area contributed by atoms with Crippen LogP contribution >= 0.6 is 23.4 Å². The molecule has 6 heteroatoms. The number of carbonyl (C=O) groups is 1. The van der Waals surface area contributed by atoms with Crippen LogP contribution in [0, 0.1) is 0 Å². The van der Waals surface area contributed by atoms with Gasteiger partial charge in [-0.2, -0.15) is 11.8 Å². The fraction of sp³-hybridized carbons (Fsp3) is 0.500. The molecule has 4 nitrogen and oxygen atoms in total. The molecule has 1 heterocycles. The maximum atomic E-state index is 11.5. The molecular weight excluding hydrogens is 246 g/mol. The lowest BCUT2D eigenvalue weighted by atomic mass is 10.3. The van der Waals surface area contributed by atoms with Crippen LogP contribution in [-0.4, -0.2) is 34.4 Å². The lowest BCUT2D eigenvalue weighted by molar-refractivity contribution is 0.0948. The van der Waals surface area contributed by atoms with Crippen LogP contribution in [0.1, 0.15) is 23.3 Å². The highest BCUT2D eigenvalue weighted by Crippen LogP contribution is 2.01. The van der Waals surface area contributed by atoms with Gasteiger partial charge in [-0.1, -0.05) is 11.6 Å². The molecule has 1 N–H and O–H groups in total. The van der Waals surface area contributed by atoms with E-state index in [0.29, 0.717) is 12.2 Å². The molecule has 88 valence electrons. The number of thioether (sulfide) groups is 1. The zero-order chi connectivity index (χ0) is 11.8. The van der Waals surface area contributed by atoms with Crippen LogP contribution in [0.25, 0.3) is 0 Å². The molecule has 0 aliphatic heterocycles. The summed E-state index contributed by atoms with van der Waals surface area (Å²) in [4.78, 5) is 19.2. The largest absolute Gasteiger partial charge is 0.351 e. The van der Waals surface area contributed by atoms with Crippen LogP contribution in [0.2, 0.25) is 5.15 Å². The Morgan fingerprint density at radius 2 is 2.25 bits per heavy atom. The smallest absolute Gasteiger partial charge is 0.271 e. The van der Waals surface area contributed by atoms with E-state index >= 15 is 0 Å². The predicted molar refractivity (Wildman–Crippen MR) is 67.0 cm³/mol. The van der Waals surface area contributed by atoms with E-state index in [1.807, 2.05) is 11.8 Å². The van der Waals surface area contributed by atoms with E-state index in [0.717, 1.165) is 18.6 Å². The van der Waals surface area contributed by atoms with E-state index in [2.05, 4.69) is 21.5 Å². The highest BCUT2D eigenvalue weighted by atomic mass is 35.5. The van der Waals surface area contributed by atoms with Gasteiger partial charge in [0.25, 0.3) is 5.91 Å². The first kappa shape index (κ1) is 13.3. The van der Waals surface area contributed by atoms with Crippen molar-refractivity contribution in [3.63, 3.8) is 0 Å². The fourth-order valence-corrected chi connectivity index (χ4v) is 1.68. The molecule has 1 aromatic rings. The Kier molecular flexibility index (Phi) is 6.18. The Bertz CT molecular complexity index is 331. The number of halogens is 1. The van der Waals surface area contributed by atoms with Gasteiger partial charge in [-0.05, 0) is 24.9 Å². The molecule has 1 aromatic heterocycles. The minimum absolute atomic E-state index is 0.201. The lowest BCUT2D eigenvalue weighted by Gasteiger charge is -2.03. The van der Waals surface area contributed by atoms with Crippen molar-refractivity contribution >= 4 is 29.3 Å². The molecule has 0 aromatic carbocycles. The van der Waals surface area contributed by atoms with E-state index < -0.39 is 0 Å². The Labute approximate surface area is 104 Å². The summed E-state index contributed by atoms with van der Waals surface area (Å²) in [6.45, 7) is 0.670. The highest BCUT2D eigenvalue weighted by Gasteiger charge is 2.06. The molecule has 0 atom stereocenters. The second-order valence-corrected chi connectivity index (χ2v) is 4.55. The first-order chi connectivity index (χ1) is 7.74. The summed E-state index contributed by atoms with van der Waals surface area (Å²) in [5.41, 5.74) is 0.300. The highest BCUT2D eigenvalue weighted by molar-refractivity contribution is 7.98. The number of nitrogens with zero attached hydrogens (tertiary/aromatic N) is 2. The topological polar surface area (TPSA) is 54.9 Å². The number of carbonyl (C=O) groups excluding carboxylic acids is 1. The van der Waals surface area contributed by atoms with E-state index in [1.165, 1.54) is 12.4 Å². The Morgan fingerprint density at radius 1 is 1.44 bits per heavy atom. The number of aromatic nitrogens is 2. The molecule has 1 rings (SSSR count). The zero-order valence-electron chi connectivity index (χ0n) is 9.07. The second-order valence-electron chi connectivity index (χ2n) is 3.18. The number of hydrogen-bond donors (Lipinski definition) is 1. The summed E-state index contributed by atoms with van der Waals surface area (Å²) in [6.07, 6.45) is 6.90. The second kappa shape index (κ2) is 7.46. The van der Waals surface area contributed by atoms with E-state index in [9.17, 15) is 4.79 Å². The summed E-state index contributed by atoms with van der Waals surface area (Å²) in [5, 5.41) is 3.07. The van der Waals surface area contributed by atoms with Crippen molar-refractivity contribution in [1.29, 1.82) is 0 Å². The van der Waals surface area contributed by atoms with Gasteiger partial charge in [-0.3, -0.25) is 4.79 Å². The summed E-state index contributed by atoms with van der Waals surface area (Å²) in [5.74, 6) is 0.921. The van der Waals surface area contributed by atoms with Crippen LogP contribution in [-0.2, 0) is 0 Å². The Hall–Kier alpha value is -0.810. The average Bonchev–Trinajstić information content (AvgIpc) is 2.29. The Balaban J connectivity index is 2.27. The maximum absolute atomic E-state index is 11.5. The monoisotopic (exact) mass is 259 g/mol. The van der Waals surface area contributed by atoms with Gasteiger partial charge in [-0.25, -0.2) is 9.97 Å². The summed E-state index contributed by atoms with van der Waals surface area (Å²) < 4.78 is 0. The van der Waals surface area contributed by atoms with Crippen LogP contribution < -0.4 is 5.32 Å². The minimum Gasteiger partial charge on any atom is -0.351 e. The van der Waals surface area contributed by atoms with Gasteiger partial charge in [0.2, 0.25) is 0 Å². The molecule has 0 saturated carbocycles. The predicted octanol–water partition coefficient (Wildman–Crippen LogP) is 2.00. The quantitative estimate of drug-likeness (QED) is 0.794. The number of nitrogens with one attached hydrogen (secondary N) is 1. The summed E-state index contributed by atoms with van der Waals surface area (Å²) in [7, 11) is 0. The third-order valence-electron chi connectivity index (χ3n) is 1.91. The van der Waals surface area contributed by atoms with Crippen LogP contribution in [0.4, 0.5) is 0 Å². The zero-order valence-corrected chi connectivity index (χ0v) is 10.6. The van der Waals surface area contributed by atoms with Crippen LogP contribution in [0.15, 0.2) is 12.4 Å². The molecule has 0 aliphatic carbocycles. The van der Waals surface area contributed by atoms with Crippen molar-refractivity contribution in [3.05, 3.63) is 23.2 Å². The van der Waals surface area contributed by atoms with Gasteiger partial charge in [0.1, 0.15) is 10.8 Å². The Morgan fingerprint density at radius 3 is 2.88 bits per heavy atom. The third-order valence-corrected chi connectivity index (χ3v) is 2.81. The van der Waals surface area contributed by atoms with Crippen molar-refractivity contribution in [1.82, 2.24) is 15.3 Å². The van der Waals surface area contributed by atoms with Crippen molar-refractivity contribution in [2.24, 2.45) is 0 Å². The van der Waals surface area contributed by atoms with Crippen molar-refractivity contribution in [3.8, 4) is 0 Å². The number of hydrogen-bond acceptors (Lipinski definition) is 4. The number of amides is 1. The first-order valence-corrected chi connectivity index (χ1v) is 6.76. The first-order valence-electron chi connectivity index (χ1n) is 4.98. The number of unbranched alkanes of at least 4 members (excludes halogenated alkanes) is 1. The van der Waals surface area contributed by atoms with Crippen LogP contribution in [0.5, 0.6) is 0 Å². The van der Waals surface area contributed by atoms with Crippen molar-refractivity contribution in [2.45, 2.75) is 12.8 Å². The van der Waals surface area contributed by atoms with E-state index in [4.69, 9.17) is 11.6 Å². The third kappa shape index (κ3) is 4.81. The molecule has 0 saturated heterocycles. The van der Waals surface area contributed by atoms with Gasteiger partial charge < -0.3 is 5.32 Å². The minimum atomic E-state index is -0.201. The van der Waals surface area contributed by atoms with Gasteiger partial charge in [0, 0.05) is 6.54 Å². The molecular formula is C10H14ClN3OS. The van der Waals surface area contributed by atoms with Gasteiger partial charge in [0.15, 0.2) is 0 Å². The van der Waals surface area contributed by atoms with Crippen molar-refractivity contribution < 1.29 is 4.79 Å². The summed E-state index contributed by atoms with van der Waals surface area (Å²) in [6, 6.07) is 0.